The van der Waals surface area contributed by atoms with Gasteiger partial charge in [-0.3, -0.25) is 14.2 Å². The molecule has 180 valence electrons. The molecular weight excluding hydrogens is 443 g/mol. The highest BCUT2D eigenvalue weighted by Crippen LogP contribution is 2.24. The highest BCUT2D eigenvalue weighted by atomic mass is 19.1. The van der Waals surface area contributed by atoms with Crippen LogP contribution < -0.4 is 5.32 Å². The molecule has 35 heavy (non-hydrogen) atoms. The summed E-state index contributed by atoms with van der Waals surface area (Å²) >= 11 is 0. The third kappa shape index (κ3) is 5.24. The molecule has 7 heteroatoms. The Labute approximate surface area is 204 Å². The average Bonchev–Trinajstić information content (AvgIpc) is 3.23. The maximum atomic E-state index is 13.5. The maximum absolute atomic E-state index is 13.5. The largest absolute Gasteiger partial charge is 0.343 e. The zero-order chi connectivity index (χ0) is 25.1. The Morgan fingerprint density at radius 3 is 2.34 bits per heavy atom. The van der Waals surface area contributed by atoms with Gasteiger partial charge in [0.25, 0.3) is 5.91 Å². The smallest absolute Gasteiger partial charge is 0.255 e. The summed E-state index contributed by atoms with van der Waals surface area (Å²) in [4.78, 5) is 31.7. The third-order valence-corrected chi connectivity index (χ3v) is 6.12. The van der Waals surface area contributed by atoms with Crippen molar-refractivity contribution in [2.24, 2.45) is 0 Å². The number of carbonyl (C=O) groups excluding carboxylic acids is 2. The van der Waals surface area contributed by atoms with Gasteiger partial charge in [0.1, 0.15) is 11.6 Å². The lowest BCUT2D eigenvalue weighted by Crippen LogP contribution is -2.34. The van der Waals surface area contributed by atoms with Crippen LogP contribution in [0.5, 0.6) is 0 Å². The summed E-state index contributed by atoms with van der Waals surface area (Å²) in [6.07, 6.45) is 1.00. The van der Waals surface area contributed by atoms with Crippen molar-refractivity contribution < 1.29 is 14.0 Å². The molecule has 2 amide bonds. The molecule has 3 aromatic carbocycles. The number of benzene rings is 3. The molecule has 0 radical (unpaired) electrons. The zero-order valence-corrected chi connectivity index (χ0v) is 20.4. The van der Waals surface area contributed by atoms with Crippen LogP contribution in [-0.4, -0.2) is 39.4 Å². The van der Waals surface area contributed by atoms with Gasteiger partial charge in [0.15, 0.2) is 0 Å². The normalized spacial score (nSPS) is 11.1. The molecule has 0 saturated carbocycles. The predicted octanol–water partition coefficient (Wildman–Crippen LogP) is 5.39. The Morgan fingerprint density at radius 1 is 1.03 bits per heavy atom. The lowest BCUT2D eigenvalue weighted by molar-refractivity contribution is -0.130. The molecule has 0 aliphatic heterocycles. The number of hydrogen-bond donors (Lipinski definition) is 1. The van der Waals surface area contributed by atoms with Crippen molar-refractivity contribution in [2.75, 3.05) is 12.4 Å². The minimum absolute atomic E-state index is 0.0503. The second-order valence-electron chi connectivity index (χ2n) is 8.82. The van der Waals surface area contributed by atoms with Gasteiger partial charge in [-0.1, -0.05) is 19.1 Å². The van der Waals surface area contributed by atoms with E-state index in [1.165, 1.54) is 12.1 Å². The van der Waals surface area contributed by atoms with E-state index in [-0.39, 0.29) is 23.7 Å². The fourth-order valence-corrected chi connectivity index (χ4v) is 3.88. The number of imidazole rings is 1. The number of rotatable bonds is 7. The number of amides is 2. The highest BCUT2D eigenvalue weighted by Gasteiger charge is 2.15. The molecule has 0 spiro atoms. The molecule has 0 fully saturated rings. The SMILES string of the molecule is CCc1nc2ccc(C(=O)Nc3ccc(CC(=O)N(C)C(C)C)cc3)cc2n1-c1ccc(F)cc1. The van der Waals surface area contributed by atoms with Crippen LogP contribution >= 0.6 is 0 Å². The van der Waals surface area contributed by atoms with E-state index >= 15 is 0 Å². The molecule has 6 nitrogen and oxygen atoms in total. The summed E-state index contributed by atoms with van der Waals surface area (Å²) in [5.74, 6) is 0.325. The number of hydrogen-bond acceptors (Lipinski definition) is 3. The molecule has 0 unspecified atom stereocenters. The molecular formula is C28H29FN4O2. The second kappa shape index (κ2) is 10.1. The van der Waals surface area contributed by atoms with E-state index in [9.17, 15) is 14.0 Å². The molecule has 1 heterocycles. The standard InChI is InChI=1S/C28H29FN4O2/c1-5-26-31-24-15-8-20(17-25(24)33(26)23-13-9-21(29)10-14-23)28(35)30-22-11-6-19(7-12-22)16-27(34)32(4)18(2)3/h6-15,17-18H,5,16H2,1-4H3,(H,30,35). The van der Waals surface area contributed by atoms with Gasteiger partial charge in [-0.15, -0.1) is 0 Å². The number of halogens is 1. The van der Waals surface area contributed by atoms with Gasteiger partial charge in [-0.2, -0.15) is 0 Å². The van der Waals surface area contributed by atoms with Crippen LogP contribution in [0, 0.1) is 5.82 Å². The number of aryl methyl sites for hydroxylation is 1. The zero-order valence-electron chi connectivity index (χ0n) is 20.4. The van der Waals surface area contributed by atoms with Crippen molar-refractivity contribution in [3.05, 3.63) is 89.5 Å². The number of likely N-dealkylation sites (N-methyl/N-ethyl adjacent to an activating group) is 1. The second-order valence-corrected chi connectivity index (χ2v) is 8.82. The topological polar surface area (TPSA) is 67.2 Å². The van der Waals surface area contributed by atoms with Gasteiger partial charge in [-0.05, 0) is 74.0 Å². The molecule has 4 aromatic rings. The number of fused-ring (bicyclic) bond motifs is 1. The molecule has 0 aliphatic rings. The predicted molar refractivity (Wildman–Crippen MR) is 136 cm³/mol. The van der Waals surface area contributed by atoms with Gasteiger partial charge in [0.2, 0.25) is 5.91 Å². The Bertz CT molecular complexity index is 1360. The number of anilines is 1. The number of carbonyl (C=O) groups is 2. The van der Waals surface area contributed by atoms with Crippen molar-refractivity contribution in [1.82, 2.24) is 14.5 Å². The number of aromatic nitrogens is 2. The Kier molecular flexibility index (Phi) is 6.96. The molecule has 4 rings (SSSR count). The first-order valence-electron chi connectivity index (χ1n) is 11.7. The van der Waals surface area contributed by atoms with E-state index in [0.29, 0.717) is 24.1 Å². The van der Waals surface area contributed by atoms with E-state index in [4.69, 9.17) is 0 Å². The summed E-state index contributed by atoms with van der Waals surface area (Å²) in [5, 5.41) is 2.92. The van der Waals surface area contributed by atoms with Crippen molar-refractivity contribution in [2.45, 2.75) is 39.7 Å². The molecule has 0 saturated heterocycles. The Hall–Kier alpha value is -4.00. The van der Waals surface area contributed by atoms with Crippen LogP contribution in [-0.2, 0) is 17.6 Å². The van der Waals surface area contributed by atoms with Crippen LogP contribution in [0.1, 0.15) is 42.5 Å². The summed E-state index contributed by atoms with van der Waals surface area (Å²) in [7, 11) is 1.80. The van der Waals surface area contributed by atoms with Gasteiger partial charge in [0, 0.05) is 36.4 Å². The van der Waals surface area contributed by atoms with E-state index in [1.807, 2.05) is 43.5 Å². The number of nitrogens with one attached hydrogen (secondary N) is 1. The van der Waals surface area contributed by atoms with Crippen molar-refractivity contribution >= 4 is 28.5 Å². The first-order valence-corrected chi connectivity index (χ1v) is 11.7. The van der Waals surface area contributed by atoms with Crippen LogP contribution in [0.4, 0.5) is 10.1 Å². The lowest BCUT2D eigenvalue weighted by Gasteiger charge is -2.21. The quantitative estimate of drug-likeness (QED) is 0.392. The highest BCUT2D eigenvalue weighted by molar-refractivity contribution is 6.06. The van der Waals surface area contributed by atoms with E-state index in [2.05, 4.69) is 10.3 Å². The molecule has 0 atom stereocenters. The lowest BCUT2D eigenvalue weighted by atomic mass is 10.1. The molecule has 0 aliphatic carbocycles. The van der Waals surface area contributed by atoms with Gasteiger partial charge in [-0.25, -0.2) is 9.37 Å². The minimum Gasteiger partial charge on any atom is -0.343 e. The monoisotopic (exact) mass is 472 g/mol. The Morgan fingerprint density at radius 2 is 1.71 bits per heavy atom. The summed E-state index contributed by atoms with van der Waals surface area (Å²) in [5.41, 5.74) is 4.35. The van der Waals surface area contributed by atoms with Crippen LogP contribution in [0.3, 0.4) is 0 Å². The molecule has 0 bridgehead atoms. The first kappa shape index (κ1) is 24.1. The van der Waals surface area contributed by atoms with Crippen molar-refractivity contribution in [3.63, 3.8) is 0 Å². The van der Waals surface area contributed by atoms with E-state index < -0.39 is 0 Å². The van der Waals surface area contributed by atoms with E-state index in [0.717, 1.165) is 28.1 Å². The number of nitrogens with zero attached hydrogens (tertiary/aromatic N) is 3. The summed E-state index contributed by atoms with van der Waals surface area (Å²) in [6, 6.07) is 19.0. The third-order valence-electron chi connectivity index (χ3n) is 6.12. The van der Waals surface area contributed by atoms with E-state index in [1.54, 1.807) is 48.3 Å². The van der Waals surface area contributed by atoms with Gasteiger partial charge in [0.05, 0.1) is 17.5 Å². The van der Waals surface area contributed by atoms with Crippen molar-refractivity contribution in [1.29, 1.82) is 0 Å². The van der Waals surface area contributed by atoms with Crippen LogP contribution in [0.25, 0.3) is 16.7 Å². The first-order chi connectivity index (χ1) is 16.8. The van der Waals surface area contributed by atoms with Crippen molar-refractivity contribution in [3.8, 4) is 5.69 Å². The van der Waals surface area contributed by atoms with Crippen LogP contribution in [0.2, 0.25) is 0 Å². The maximum Gasteiger partial charge on any atom is 0.255 e. The average molecular weight is 473 g/mol. The summed E-state index contributed by atoms with van der Waals surface area (Å²) in [6.45, 7) is 5.96. The van der Waals surface area contributed by atoms with Crippen LogP contribution in [0.15, 0.2) is 66.7 Å². The molecule has 1 aromatic heterocycles. The fraction of sp³-hybridized carbons (Fsp3) is 0.250. The summed E-state index contributed by atoms with van der Waals surface area (Å²) < 4.78 is 15.4. The molecule has 1 N–H and O–H groups in total. The Balaban J connectivity index is 1.55. The van der Waals surface area contributed by atoms with Gasteiger partial charge >= 0.3 is 0 Å². The minimum atomic E-state index is -0.307. The fourth-order valence-electron chi connectivity index (χ4n) is 3.88. The van der Waals surface area contributed by atoms with Gasteiger partial charge < -0.3 is 10.2 Å².